The van der Waals surface area contributed by atoms with E-state index in [1.807, 2.05) is 24.8 Å². The van der Waals surface area contributed by atoms with E-state index in [0.717, 1.165) is 44.4 Å². The van der Waals surface area contributed by atoms with Gasteiger partial charge in [-0.3, -0.25) is 19.2 Å². The second-order valence-electron chi connectivity index (χ2n) is 13.9. The summed E-state index contributed by atoms with van der Waals surface area (Å²) in [6, 6.07) is 0. The number of ether oxygens (including phenoxy) is 1. The number of anilines is 1. The summed E-state index contributed by atoms with van der Waals surface area (Å²) < 4.78 is 6.40. The molecule has 9 atom stereocenters. The van der Waals surface area contributed by atoms with E-state index in [1.165, 1.54) is 11.8 Å². The van der Waals surface area contributed by atoms with Crippen LogP contribution < -0.4 is 15.8 Å². The number of esters is 1. The Bertz CT molecular complexity index is 1310. The molecule has 3 aliphatic carbocycles. The molecule has 1 N–H and O–H groups in total. The maximum atomic E-state index is 13.6. The van der Waals surface area contributed by atoms with Crippen LogP contribution in [-0.4, -0.2) is 58.9 Å². The zero-order valence-corrected chi connectivity index (χ0v) is 27.4. The fourth-order valence-electron chi connectivity index (χ4n) is 9.08. The van der Waals surface area contributed by atoms with Gasteiger partial charge in [-0.2, -0.15) is 0 Å². The van der Waals surface area contributed by atoms with Gasteiger partial charge < -0.3 is 14.7 Å². The first-order valence-electron chi connectivity index (χ1n) is 15.7. The van der Waals surface area contributed by atoms with E-state index >= 15 is 0 Å². The molecule has 0 spiro atoms. The fraction of sp³-hybridized carbons (Fsp3) is 0.758. The monoisotopic (exact) mass is 617 g/mol. The van der Waals surface area contributed by atoms with Crippen LogP contribution in [0, 0.1) is 34.0 Å². The highest BCUT2D eigenvalue weighted by molar-refractivity contribution is 8.00. The Labute approximate surface area is 258 Å². The van der Waals surface area contributed by atoms with Crippen LogP contribution in [0.5, 0.6) is 0 Å². The third-order valence-corrected chi connectivity index (χ3v) is 14.1. The van der Waals surface area contributed by atoms with Gasteiger partial charge in [0.2, 0.25) is 5.43 Å². The standard InChI is InChI=1S/C33H47NO6S2/c1-7-31(5)16-23(32(6)19(3)11-13-33(20(4)30(31)39)14-12-22(35)29(32)33)40-24(36)18-42-21-10-9-15-34(17-21)25-26(37)27(38)28(25)41-8-2/h7,19-21,23,29-30,39H,1,8-18H2,2-6H3/t19-,20+,21?,23-,29+,30+,31-,32+,33+/m1/s1. The maximum absolute atomic E-state index is 13.6. The molecule has 2 bridgehead atoms. The minimum Gasteiger partial charge on any atom is -0.461 e. The third kappa shape index (κ3) is 4.93. The van der Waals surface area contributed by atoms with Gasteiger partial charge in [0.1, 0.15) is 17.6 Å². The zero-order chi connectivity index (χ0) is 30.6. The minimum absolute atomic E-state index is 0.0607. The summed E-state index contributed by atoms with van der Waals surface area (Å²) in [5, 5.41) is 11.9. The molecule has 0 aromatic heterocycles. The highest BCUT2D eigenvalue weighted by Gasteiger charge is 2.68. The van der Waals surface area contributed by atoms with Crippen molar-refractivity contribution < 1.29 is 19.4 Å². The van der Waals surface area contributed by atoms with Crippen molar-refractivity contribution in [1.82, 2.24) is 0 Å². The number of aliphatic hydroxyl groups excluding tert-OH is 1. The van der Waals surface area contributed by atoms with E-state index in [4.69, 9.17) is 4.74 Å². The van der Waals surface area contributed by atoms with Crippen molar-refractivity contribution in [2.75, 3.05) is 29.5 Å². The van der Waals surface area contributed by atoms with Gasteiger partial charge in [0.25, 0.3) is 5.43 Å². The number of hydrogen-bond acceptors (Lipinski definition) is 9. The number of Topliss-reactive ketones (excluding diaryl/α,β-unsaturated/α-hetero) is 1. The molecule has 5 rings (SSSR count). The van der Waals surface area contributed by atoms with E-state index < -0.39 is 28.5 Å². The quantitative estimate of drug-likeness (QED) is 0.187. The van der Waals surface area contributed by atoms with E-state index in [-0.39, 0.29) is 51.4 Å². The maximum Gasteiger partial charge on any atom is 0.316 e. The highest BCUT2D eigenvalue weighted by atomic mass is 32.2. The lowest BCUT2D eigenvalue weighted by Crippen LogP contribution is -2.63. The van der Waals surface area contributed by atoms with Crippen LogP contribution in [0.2, 0.25) is 0 Å². The van der Waals surface area contributed by atoms with Crippen LogP contribution in [0.25, 0.3) is 0 Å². The summed E-state index contributed by atoms with van der Waals surface area (Å²) in [6.45, 7) is 15.9. The van der Waals surface area contributed by atoms with Gasteiger partial charge >= 0.3 is 5.97 Å². The summed E-state index contributed by atoms with van der Waals surface area (Å²) in [6.07, 6.45) is 6.02. The molecule has 4 fully saturated rings. The Morgan fingerprint density at radius 1 is 1.17 bits per heavy atom. The van der Waals surface area contributed by atoms with Crippen LogP contribution in [0.4, 0.5) is 5.69 Å². The Balaban J connectivity index is 1.34. The number of carbonyl (C=O) groups is 2. The number of thioether (sulfide) groups is 2. The molecule has 42 heavy (non-hydrogen) atoms. The molecular weight excluding hydrogens is 570 g/mol. The van der Waals surface area contributed by atoms with Gasteiger partial charge in [0.15, 0.2) is 0 Å². The molecule has 1 heterocycles. The molecule has 0 radical (unpaired) electrons. The number of aliphatic hydroxyl groups is 1. The molecule has 9 heteroatoms. The summed E-state index contributed by atoms with van der Waals surface area (Å²) >= 11 is 2.97. The number of hydrogen-bond donors (Lipinski definition) is 1. The van der Waals surface area contributed by atoms with Gasteiger partial charge in [-0.05, 0) is 61.5 Å². The molecular formula is C33H47NO6S2. The van der Waals surface area contributed by atoms with Gasteiger partial charge in [0.05, 0.1) is 16.8 Å². The predicted molar refractivity (Wildman–Crippen MR) is 170 cm³/mol. The molecule has 1 unspecified atom stereocenters. The summed E-state index contributed by atoms with van der Waals surface area (Å²) in [5.74, 6) is 0.756. The van der Waals surface area contributed by atoms with Gasteiger partial charge in [-0.15, -0.1) is 30.1 Å². The van der Waals surface area contributed by atoms with Crippen LogP contribution in [-0.2, 0) is 14.3 Å². The number of rotatable bonds is 8. The van der Waals surface area contributed by atoms with Crippen LogP contribution in [0.1, 0.15) is 79.6 Å². The normalized spacial score (nSPS) is 40.3. The van der Waals surface area contributed by atoms with E-state index in [9.17, 15) is 24.3 Å². The lowest BCUT2D eigenvalue weighted by Gasteiger charge is -2.61. The minimum atomic E-state index is -0.684. The molecule has 3 saturated carbocycles. The lowest BCUT2D eigenvalue weighted by atomic mass is 9.44. The molecule has 7 nitrogen and oxygen atoms in total. The first-order chi connectivity index (χ1) is 19.8. The molecule has 1 aliphatic heterocycles. The average molecular weight is 618 g/mol. The lowest BCUT2D eigenvalue weighted by molar-refractivity contribution is -0.205. The van der Waals surface area contributed by atoms with Crippen LogP contribution in [0.15, 0.2) is 27.1 Å². The third-order valence-electron chi connectivity index (χ3n) is 11.8. The average Bonchev–Trinajstić information content (AvgIpc) is 3.34. The van der Waals surface area contributed by atoms with Crippen molar-refractivity contribution in [2.45, 2.75) is 102 Å². The topological polar surface area (TPSA) is 101 Å². The van der Waals surface area contributed by atoms with Crippen molar-refractivity contribution in [3.63, 3.8) is 0 Å². The fourth-order valence-corrected chi connectivity index (χ4v) is 11.0. The summed E-state index contributed by atoms with van der Waals surface area (Å²) in [4.78, 5) is 54.2. The zero-order valence-electron chi connectivity index (χ0n) is 25.8. The van der Waals surface area contributed by atoms with Crippen molar-refractivity contribution in [3.05, 3.63) is 33.1 Å². The van der Waals surface area contributed by atoms with Crippen molar-refractivity contribution in [3.8, 4) is 0 Å². The Hall–Kier alpha value is -1.58. The van der Waals surface area contributed by atoms with Gasteiger partial charge in [-0.1, -0.05) is 40.7 Å². The Kier molecular flexibility index (Phi) is 8.89. The number of nitrogens with zero attached hydrogens (tertiary/aromatic N) is 1. The molecule has 1 aromatic rings. The molecule has 1 aromatic carbocycles. The van der Waals surface area contributed by atoms with Crippen molar-refractivity contribution >= 4 is 41.0 Å². The Morgan fingerprint density at radius 2 is 1.90 bits per heavy atom. The molecule has 4 aliphatic rings. The van der Waals surface area contributed by atoms with E-state index in [1.54, 1.807) is 11.8 Å². The number of piperidine rings is 1. The SMILES string of the molecule is C=C[C@]1(C)C[C@@H](OC(=O)CSC2CCCN(c3c(SCC)c(=O)c3=O)C2)[C@]2(C)[C@H](C)CC[C@]3(CCC(=O)[C@H]32)[C@@H](C)[C@@H]1O. The summed E-state index contributed by atoms with van der Waals surface area (Å²) in [5.41, 5.74) is -1.70. The largest absolute Gasteiger partial charge is 0.461 e. The van der Waals surface area contributed by atoms with Crippen molar-refractivity contribution in [2.24, 2.45) is 34.0 Å². The first-order valence-corrected chi connectivity index (χ1v) is 17.7. The number of ketones is 1. The molecule has 0 amide bonds. The van der Waals surface area contributed by atoms with Gasteiger partial charge in [0, 0.05) is 41.5 Å². The van der Waals surface area contributed by atoms with Gasteiger partial charge in [-0.25, -0.2) is 0 Å². The predicted octanol–water partition coefficient (Wildman–Crippen LogP) is 5.00. The van der Waals surface area contributed by atoms with E-state index in [0.29, 0.717) is 30.0 Å². The second kappa shape index (κ2) is 11.7. The Morgan fingerprint density at radius 3 is 2.60 bits per heavy atom. The van der Waals surface area contributed by atoms with Crippen LogP contribution >= 0.6 is 23.5 Å². The second-order valence-corrected chi connectivity index (χ2v) is 16.4. The summed E-state index contributed by atoms with van der Waals surface area (Å²) in [7, 11) is 0. The molecule has 1 saturated heterocycles. The van der Waals surface area contributed by atoms with Crippen LogP contribution in [0.3, 0.4) is 0 Å². The van der Waals surface area contributed by atoms with E-state index in [2.05, 4.69) is 27.4 Å². The molecule has 232 valence electrons. The highest BCUT2D eigenvalue weighted by Crippen LogP contribution is 2.68. The first kappa shape index (κ1) is 31.8. The van der Waals surface area contributed by atoms with Crippen molar-refractivity contribution in [1.29, 1.82) is 0 Å². The number of carbonyl (C=O) groups excluding carboxylic acids is 2. The smallest absolute Gasteiger partial charge is 0.316 e.